The lowest BCUT2D eigenvalue weighted by Crippen LogP contribution is -2.35. The van der Waals surface area contributed by atoms with Gasteiger partial charge in [-0.1, -0.05) is 0 Å². The van der Waals surface area contributed by atoms with E-state index in [2.05, 4.69) is 5.32 Å². The number of nitrogens with one attached hydrogen (secondary N) is 1. The van der Waals surface area contributed by atoms with Gasteiger partial charge in [-0.25, -0.2) is 8.42 Å². The van der Waals surface area contributed by atoms with Crippen molar-refractivity contribution in [1.29, 1.82) is 0 Å². The molecule has 2 rings (SSSR count). The number of hydrogen-bond donors (Lipinski definition) is 1. The third kappa shape index (κ3) is 2.17. The Morgan fingerprint density at radius 3 is 2.75 bits per heavy atom. The van der Waals surface area contributed by atoms with E-state index >= 15 is 0 Å². The average molecular weight is 243 g/mol. The van der Waals surface area contributed by atoms with Gasteiger partial charge in [0.15, 0.2) is 0 Å². The number of piperidine rings is 1. The first-order valence-electron chi connectivity index (χ1n) is 5.02. The molecule has 1 atom stereocenters. The molecule has 1 saturated heterocycles. The third-order valence-electron chi connectivity index (χ3n) is 2.60. The summed E-state index contributed by atoms with van der Waals surface area (Å²) in [6, 6.07) is 2.96. The molecule has 88 valence electrons. The standard InChI is InChI=1S/C10H13NO4S/c1-16(13,14)10-3-2-9(15-10)7-6-11-5-4-8(7)12/h2-3,7,11H,4-6H2,1H3. The zero-order valence-corrected chi connectivity index (χ0v) is 9.71. The van der Waals surface area contributed by atoms with E-state index in [0.717, 1.165) is 6.26 Å². The highest BCUT2D eigenvalue weighted by Crippen LogP contribution is 2.24. The highest BCUT2D eigenvalue weighted by molar-refractivity contribution is 7.90. The monoisotopic (exact) mass is 243 g/mol. The molecule has 1 aliphatic heterocycles. The molecule has 16 heavy (non-hydrogen) atoms. The van der Waals surface area contributed by atoms with Gasteiger partial charge in [0.05, 0.1) is 5.92 Å². The molecular weight excluding hydrogens is 230 g/mol. The van der Waals surface area contributed by atoms with Gasteiger partial charge >= 0.3 is 0 Å². The van der Waals surface area contributed by atoms with Crippen LogP contribution in [0.15, 0.2) is 21.6 Å². The first-order valence-corrected chi connectivity index (χ1v) is 6.91. The fraction of sp³-hybridized carbons (Fsp3) is 0.500. The SMILES string of the molecule is CS(=O)(=O)c1ccc(C2CNCCC2=O)o1. The molecule has 1 fully saturated rings. The van der Waals surface area contributed by atoms with Gasteiger partial charge in [-0.05, 0) is 12.1 Å². The highest BCUT2D eigenvalue weighted by atomic mass is 32.2. The number of hydrogen-bond acceptors (Lipinski definition) is 5. The topological polar surface area (TPSA) is 76.4 Å². The van der Waals surface area contributed by atoms with E-state index in [1.807, 2.05) is 0 Å². The number of furan rings is 1. The zero-order valence-electron chi connectivity index (χ0n) is 8.89. The minimum Gasteiger partial charge on any atom is -0.449 e. The number of carbonyl (C=O) groups is 1. The van der Waals surface area contributed by atoms with Crippen LogP contribution in [0.25, 0.3) is 0 Å². The highest BCUT2D eigenvalue weighted by Gasteiger charge is 2.27. The van der Waals surface area contributed by atoms with Crippen molar-refractivity contribution >= 4 is 15.6 Å². The zero-order chi connectivity index (χ0) is 11.8. The van der Waals surface area contributed by atoms with Crippen LogP contribution in [-0.4, -0.2) is 33.5 Å². The Balaban J connectivity index is 2.28. The molecule has 1 aromatic rings. The fourth-order valence-corrected chi connectivity index (χ4v) is 2.29. The smallest absolute Gasteiger partial charge is 0.217 e. The molecule has 1 unspecified atom stereocenters. The molecule has 1 aromatic heterocycles. The molecule has 0 aliphatic carbocycles. The van der Waals surface area contributed by atoms with Gasteiger partial charge in [0.25, 0.3) is 0 Å². The molecule has 6 heteroatoms. The molecule has 5 nitrogen and oxygen atoms in total. The van der Waals surface area contributed by atoms with Gasteiger partial charge in [-0.15, -0.1) is 0 Å². The second kappa shape index (κ2) is 4.03. The van der Waals surface area contributed by atoms with E-state index in [1.54, 1.807) is 6.07 Å². The van der Waals surface area contributed by atoms with Crippen molar-refractivity contribution in [2.24, 2.45) is 0 Å². The lowest BCUT2D eigenvalue weighted by Gasteiger charge is -2.19. The quantitative estimate of drug-likeness (QED) is 0.810. The Kier molecular flexibility index (Phi) is 2.86. The second-order valence-corrected chi connectivity index (χ2v) is 5.85. The van der Waals surface area contributed by atoms with Crippen molar-refractivity contribution < 1.29 is 17.6 Å². The molecule has 1 N–H and O–H groups in total. The summed E-state index contributed by atoms with van der Waals surface area (Å²) in [6.45, 7) is 1.19. The van der Waals surface area contributed by atoms with Gasteiger partial charge in [0.1, 0.15) is 11.5 Å². The second-order valence-electron chi connectivity index (χ2n) is 3.90. The van der Waals surface area contributed by atoms with Crippen LogP contribution >= 0.6 is 0 Å². The largest absolute Gasteiger partial charge is 0.449 e. The lowest BCUT2D eigenvalue weighted by molar-refractivity contribution is -0.121. The van der Waals surface area contributed by atoms with Crippen molar-refractivity contribution in [3.8, 4) is 0 Å². The number of sulfone groups is 1. The summed E-state index contributed by atoms with van der Waals surface area (Å²) in [4.78, 5) is 11.6. The van der Waals surface area contributed by atoms with Crippen LogP contribution in [0.2, 0.25) is 0 Å². The maximum atomic E-state index is 11.6. The first-order chi connectivity index (χ1) is 7.48. The fourth-order valence-electron chi connectivity index (χ4n) is 1.73. The Morgan fingerprint density at radius 2 is 2.19 bits per heavy atom. The lowest BCUT2D eigenvalue weighted by atomic mass is 9.96. The van der Waals surface area contributed by atoms with Crippen LogP contribution in [0.5, 0.6) is 0 Å². The molecule has 1 aliphatic rings. The van der Waals surface area contributed by atoms with Crippen molar-refractivity contribution in [2.75, 3.05) is 19.3 Å². The van der Waals surface area contributed by atoms with E-state index in [0.29, 0.717) is 25.3 Å². The van der Waals surface area contributed by atoms with Crippen molar-refractivity contribution in [2.45, 2.75) is 17.4 Å². The Morgan fingerprint density at radius 1 is 1.44 bits per heavy atom. The average Bonchev–Trinajstić information content (AvgIpc) is 2.66. The van der Waals surface area contributed by atoms with E-state index in [-0.39, 0.29) is 16.8 Å². The summed E-state index contributed by atoms with van der Waals surface area (Å²) in [5.41, 5.74) is 0. The Bertz CT molecular complexity index is 503. The predicted octanol–water partition coefficient (Wildman–Crippen LogP) is 0.329. The summed E-state index contributed by atoms with van der Waals surface area (Å²) in [5.74, 6) is 0.162. The van der Waals surface area contributed by atoms with Crippen LogP contribution in [-0.2, 0) is 14.6 Å². The van der Waals surface area contributed by atoms with Gasteiger partial charge in [0, 0.05) is 25.8 Å². The van der Waals surface area contributed by atoms with Crippen LogP contribution in [0.3, 0.4) is 0 Å². The van der Waals surface area contributed by atoms with Crippen molar-refractivity contribution in [1.82, 2.24) is 5.32 Å². The Hall–Kier alpha value is -1.14. The molecule has 0 radical (unpaired) electrons. The van der Waals surface area contributed by atoms with E-state index in [4.69, 9.17) is 4.42 Å². The summed E-state index contributed by atoms with van der Waals surface area (Å²) in [6.07, 6.45) is 1.54. The minimum atomic E-state index is -3.34. The maximum Gasteiger partial charge on any atom is 0.217 e. The third-order valence-corrected chi connectivity index (χ3v) is 3.55. The minimum absolute atomic E-state index is 0.0825. The number of rotatable bonds is 2. The first kappa shape index (κ1) is 11.3. The van der Waals surface area contributed by atoms with Crippen molar-refractivity contribution in [3.63, 3.8) is 0 Å². The maximum absolute atomic E-state index is 11.6. The predicted molar refractivity (Wildman–Crippen MR) is 57.1 cm³/mol. The molecular formula is C10H13NO4S. The summed E-state index contributed by atoms with van der Waals surface area (Å²) in [5, 5.41) is 3.00. The van der Waals surface area contributed by atoms with Gasteiger partial charge in [-0.3, -0.25) is 4.79 Å². The number of ketones is 1. The number of Topliss-reactive ketones (excluding diaryl/α,β-unsaturated/α-hetero) is 1. The van der Waals surface area contributed by atoms with E-state index < -0.39 is 9.84 Å². The van der Waals surface area contributed by atoms with E-state index in [9.17, 15) is 13.2 Å². The molecule has 0 saturated carbocycles. The van der Waals surface area contributed by atoms with Crippen LogP contribution in [0.1, 0.15) is 18.1 Å². The van der Waals surface area contributed by atoms with Crippen LogP contribution in [0, 0.1) is 0 Å². The number of carbonyl (C=O) groups excluding carboxylic acids is 1. The van der Waals surface area contributed by atoms with Crippen LogP contribution in [0.4, 0.5) is 0 Å². The van der Waals surface area contributed by atoms with E-state index in [1.165, 1.54) is 6.07 Å². The molecule has 0 aromatic carbocycles. The van der Waals surface area contributed by atoms with Gasteiger partial charge in [0.2, 0.25) is 14.9 Å². The Labute approximate surface area is 93.7 Å². The normalized spacial score (nSPS) is 22.3. The molecule has 0 spiro atoms. The molecule has 2 heterocycles. The molecule has 0 amide bonds. The summed E-state index contributed by atoms with van der Waals surface area (Å²) in [7, 11) is -3.34. The van der Waals surface area contributed by atoms with Crippen LogP contribution < -0.4 is 5.32 Å². The summed E-state index contributed by atoms with van der Waals surface area (Å²) < 4.78 is 27.6. The van der Waals surface area contributed by atoms with Gasteiger partial charge < -0.3 is 9.73 Å². The van der Waals surface area contributed by atoms with Gasteiger partial charge in [-0.2, -0.15) is 0 Å². The summed E-state index contributed by atoms with van der Waals surface area (Å²) >= 11 is 0. The van der Waals surface area contributed by atoms with Crippen molar-refractivity contribution in [3.05, 3.63) is 17.9 Å². The molecule has 0 bridgehead atoms.